The molecule has 0 aliphatic heterocycles. The van der Waals surface area contributed by atoms with Crippen LogP contribution in [0.2, 0.25) is 0 Å². The van der Waals surface area contributed by atoms with E-state index in [0.717, 1.165) is 12.2 Å². The van der Waals surface area contributed by atoms with Gasteiger partial charge in [0.05, 0.1) is 17.8 Å². The first kappa shape index (κ1) is 34.3. The summed E-state index contributed by atoms with van der Waals surface area (Å²) < 4.78 is 171. The highest BCUT2D eigenvalue weighted by atomic mass is 32.1. The van der Waals surface area contributed by atoms with Gasteiger partial charge in [-0.3, -0.25) is 4.79 Å². The van der Waals surface area contributed by atoms with Crippen molar-refractivity contribution in [2.75, 3.05) is 5.32 Å². The summed E-state index contributed by atoms with van der Waals surface area (Å²) in [5.41, 5.74) is -1.37. The molecule has 0 unspecified atom stereocenters. The quantitative estimate of drug-likeness (QED) is 0.226. The SMILES string of the molecule is Cc1c(C(=O)OC(C)C)sc(NC(=O)C(F)(F)C(F)(F)C(F)(F)C(F)(F)C(F)(F)C(F)F)c1C(=O)OC(C)C. The van der Waals surface area contributed by atoms with Crippen molar-refractivity contribution in [1.82, 2.24) is 0 Å². The van der Waals surface area contributed by atoms with Crippen LogP contribution in [0.25, 0.3) is 0 Å². The molecule has 0 aromatic carbocycles. The normalized spacial score (nSPS) is 13.7. The number of nitrogens with one attached hydrogen (secondary N) is 1. The smallest absolute Gasteiger partial charge is 0.393 e. The number of alkyl halides is 12. The van der Waals surface area contributed by atoms with Crippen molar-refractivity contribution in [1.29, 1.82) is 0 Å². The van der Waals surface area contributed by atoms with Crippen LogP contribution in [0.4, 0.5) is 57.7 Å². The van der Waals surface area contributed by atoms with Crippen molar-refractivity contribution in [3.8, 4) is 0 Å². The minimum Gasteiger partial charge on any atom is -0.459 e. The molecular formula is C20H19F12NO5S. The van der Waals surface area contributed by atoms with E-state index >= 15 is 0 Å². The summed E-state index contributed by atoms with van der Waals surface area (Å²) in [6, 6.07) is 0. The second-order valence-electron chi connectivity index (χ2n) is 8.34. The number of ether oxygens (including phenoxy) is 2. The first-order valence-corrected chi connectivity index (χ1v) is 11.1. The molecule has 1 amide bonds. The highest BCUT2D eigenvalue weighted by molar-refractivity contribution is 7.18. The van der Waals surface area contributed by atoms with Gasteiger partial charge in [0.1, 0.15) is 9.88 Å². The molecule has 19 heteroatoms. The predicted octanol–water partition coefficient (Wildman–Crippen LogP) is 6.57. The summed E-state index contributed by atoms with van der Waals surface area (Å²) in [5, 5.41) is -0.314. The van der Waals surface area contributed by atoms with E-state index in [9.17, 15) is 67.1 Å². The number of amides is 1. The Kier molecular flexibility index (Phi) is 9.70. The molecule has 1 aromatic heterocycles. The van der Waals surface area contributed by atoms with Gasteiger partial charge in [0.2, 0.25) is 0 Å². The Bertz CT molecular complexity index is 1100. The number of halogens is 12. The zero-order valence-corrected chi connectivity index (χ0v) is 21.0. The Hall–Kier alpha value is -2.73. The fourth-order valence-electron chi connectivity index (χ4n) is 2.65. The van der Waals surface area contributed by atoms with Gasteiger partial charge in [-0.05, 0) is 40.2 Å². The van der Waals surface area contributed by atoms with Gasteiger partial charge in [-0.1, -0.05) is 0 Å². The Morgan fingerprint density at radius 1 is 0.744 bits per heavy atom. The highest BCUT2D eigenvalue weighted by Crippen LogP contribution is 2.58. The van der Waals surface area contributed by atoms with Gasteiger partial charge in [0.25, 0.3) is 0 Å². The molecule has 0 aliphatic rings. The van der Waals surface area contributed by atoms with Gasteiger partial charge in [-0.15, -0.1) is 11.3 Å². The van der Waals surface area contributed by atoms with Crippen LogP contribution < -0.4 is 5.32 Å². The van der Waals surface area contributed by atoms with Crippen LogP contribution in [-0.2, 0) is 14.3 Å². The molecule has 1 heterocycles. The molecule has 1 rings (SSSR count). The van der Waals surface area contributed by atoms with Crippen LogP contribution >= 0.6 is 11.3 Å². The van der Waals surface area contributed by atoms with E-state index in [1.807, 2.05) is 0 Å². The Morgan fingerprint density at radius 3 is 1.59 bits per heavy atom. The van der Waals surface area contributed by atoms with Gasteiger partial charge in [-0.2, -0.15) is 43.9 Å². The van der Waals surface area contributed by atoms with Crippen LogP contribution in [0.15, 0.2) is 0 Å². The van der Waals surface area contributed by atoms with Crippen LogP contribution in [0.3, 0.4) is 0 Å². The maximum absolute atomic E-state index is 14.3. The molecule has 0 aliphatic carbocycles. The van der Waals surface area contributed by atoms with Crippen molar-refractivity contribution >= 4 is 34.2 Å². The van der Waals surface area contributed by atoms with Gasteiger partial charge in [0, 0.05) is 0 Å². The molecule has 1 N–H and O–H groups in total. The lowest BCUT2D eigenvalue weighted by Gasteiger charge is -2.38. The largest absolute Gasteiger partial charge is 0.459 e. The number of rotatable bonds is 11. The molecule has 1 aromatic rings. The summed E-state index contributed by atoms with van der Waals surface area (Å²) in [5.74, 6) is -43.9. The van der Waals surface area contributed by atoms with E-state index in [-0.39, 0.29) is 11.3 Å². The fourth-order valence-corrected chi connectivity index (χ4v) is 3.72. The number of hydrogen-bond donors (Lipinski definition) is 1. The number of carbonyl (C=O) groups excluding carboxylic acids is 3. The third kappa shape index (κ3) is 5.91. The molecule has 0 radical (unpaired) electrons. The summed E-state index contributed by atoms with van der Waals surface area (Å²) in [6.07, 6.45) is -7.44. The number of anilines is 1. The minimum atomic E-state index is -7.93. The molecule has 0 spiro atoms. The predicted molar refractivity (Wildman–Crippen MR) is 110 cm³/mol. The van der Waals surface area contributed by atoms with E-state index in [1.54, 1.807) is 0 Å². The Balaban J connectivity index is 3.64. The average Bonchev–Trinajstić information content (AvgIpc) is 3.07. The van der Waals surface area contributed by atoms with Crippen molar-refractivity contribution in [3.63, 3.8) is 0 Å². The maximum atomic E-state index is 14.3. The van der Waals surface area contributed by atoms with E-state index in [0.29, 0.717) is 0 Å². The van der Waals surface area contributed by atoms with Crippen LogP contribution in [0, 0.1) is 6.92 Å². The molecule has 0 saturated carbocycles. The van der Waals surface area contributed by atoms with Gasteiger partial charge >= 0.3 is 53.9 Å². The number of carbonyl (C=O) groups is 3. The van der Waals surface area contributed by atoms with E-state index in [2.05, 4.69) is 0 Å². The lowest BCUT2D eigenvalue weighted by molar-refractivity contribution is -0.406. The Labute approximate surface area is 215 Å². The van der Waals surface area contributed by atoms with Crippen molar-refractivity contribution in [2.24, 2.45) is 0 Å². The molecular weight excluding hydrogens is 594 g/mol. The van der Waals surface area contributed by atoms with E-state index in [4.69, 9.17) is 9.47 Å². The zero-order chi connectivity index (χ0) is 31.1. The first-order valence-electron chi connectivity index (χ1n) is 10.3. The summed E-state index contributed by atoms with van der Waals surface area (Å²) >= 11 is -0.0725. The van der Waals surface area contributed by atoms with Crippen LogP contribution in [0.5, 0.6) is 0 Å². The number of esters is 2. The molecule has 0 bridgehead atoms. The third-order valence-electron chi connectivity index (χ3n) is 4.61. The van der Waals surface area contributed by atoms with Gasteiger partial charge in [-0.25, -0.2) is 18.4 Å². The second-order valence-corrected chi connectivity index (χ2v) is 9.36. The molecule has 6 nitrogen and oxygen atoms in total. The van der Waals surface area contributed by atoms with Crippen molar-refractivity contribution in [2.45, 2.75) is 82.9 Å². The minimum absolute atomic E-state index is 0.0725. The van der Waals surface area contributed by atoms with Crippen LogP contribution in [-0.4, -0.2) is 66.1 Å². The highest BCUT2D eigenvalue weighted by Gasteiger charge is 2.89. The van der Waals surface area contributed by atoms with E-state index in [1.165, 1.54) is 27.7 Å². The average molecular weight is 613 g/mol. The number of thiophene rings is 1. The summed E-state index contributed by atoms with van der Waals surface area (Å²) in [7, 11) is 0. The Morgan fingerprint density at radius 2 is 1.18 bits per heavy atom. The second kappa shape index (κ2) is 11.0. The zero-order valence-electron chi connectivity index (χ0n) is 20.2. The maximum Gasteiger partial charge on any atom is 0.393 e. The molecule has 39 heavy (non-hydrogen) atoms. The molecule has 0 saturated heterocycles. The van der Waals surface area contributed by atoms with Gasteiger partial charge in [0.15, 0.2) is 0 Å². The lowest BCUT2D eigenvalue weighted by Crippen LogP contribution is -2.70. The topological polar surface area (TPSA) is 81.7 Å². The number of hydrogen-bond acceptors (Lipinski definition) is 6. The summed E-state index contributed by atoms with van der Waals surface area (Å²) in [4.78, 5) is 36.1. The molecule has 224 valence electrons. The molecule has 0 atom stereocenters. The van der Waals surface area contributed by atoms with Crippen molar-refractivity contribution < 1.29 is 76.5 Å². The van der Waals surface area contributed by atoms with E-state index < -0.39 is 87.1 Å². The van der Waals surface area contributed by atoms with Crippen LogP contribution in [0.1, 0.15) is 53.3 Å². The third-order valence-corrected chi connectivity index (χ3v) is 5.80. The molecule has 0 fully saturated rings. The standard InChI is InChI=1S/C20H19F12NO5S/c1-6(2)37-12(34)9-8(5)10(13(35)38-7(3)4)39-11(9)33-15(36)17(25,26)19(29,30)20(31,32)18(27,28)16(23,24)14(21)22/h6-7,14H,1-5H3,(H,33,36). The first-order chi connectivity index (χ1) is 17.3. The van der Waals surface area contributed by atoms with Crippen molar-refractivity contribution in [3.05, 3.63) is 16.0 Å². The van der Waals surface area contributed by atoms with Gasteiger partial charge < -0.3 is 14.8 Å². The summed E-state index contributed by atoms with van der Waals surface area (Å²) in [6.45, 7) is 6.24. The lowest BCUT2D eigenvalue weighted by atomic mass is 9.94. The fraction of sp³-hybridized carbons (Fsp3) is 0.650. The monoisotopic (exact) mass is 613 g/mol.